The molecule has 2 heteroatoms. The minimum absolute atomic E-state index is 0.268. The number of allylic oxidation sites excluding steroid dienone is 1. The molecule has 1 nitrogen and oxygen atoms in total. The van der Waals surface area contributed by atoms with Gasteiger partial charge in [0.15, 0.2) is 0 Å². The molecule has 0 aromatic heterocycles. The van der Waals surface area contributed by atoms with E-state index in [9.17, 15) is 9.18 Å². The normalized spacial score (nSPS) is 11.3. The number of hydrogen-bond acceptors (Lipinski definition) is 1. The second kappa shape index (κ2) is 3.81. The summed E-state index contributed by atoms with van der Waals surface area (Å²) in [6.45, 7) is 1.70. The van der Waals surface area contributed by atoms with E-state index in [-0.39, 0.29) is 5.82 Å². The third-order valence-corrected chi connectivity index (χ3v) is 1.45. The Bertz CT molecular complexity index is 298. The molecule has 0 aliphatic heterocycles. The maximum atomic E-state index is 12.4. The largest absolute Gasteiger partial charge is 0.298 e. The van der Waals surface area contributed by atoms with Crippen molar-refractivity contribution in [1.82, 2.24) is 0 Å². The van der Waals surface area contributed by atoms with Gasteiger partial charge in [-0.3, -0.25) is 4.79 Å². The highest BCUT2D eigenvalue weighted by Gasteiger charge is 1.90. The van der Waals surface area contributed by atoms with Crippen LogP contribution >= 0.6 is 0 Å². The quantitative estimate of drug-likeness (QED) is 0.484. The Morgan fingerprint density at radius 3 is 2.42 bits per heavy atom. The number of hydrogen-bond donors (Lipinski definition) is 0. The van der Waals surface area contributed by atoms with Crippen LogP contribution < -0.4 is 0 Å². The first kappa shape index (κ1) is 8.65. The summed E-state index contributed by atoms with van der Waals surface area (Å²) in [5, 5.41) is 0. The van der Waals surface area contributed by atoms with Gasteiger partial charge >= 0.3 is 0 Å². The summed E-state index contributed by atoms with van der Waals surface area (Å²) in [5.41, 5.74) is 1.46. The number of carbonyl (C=O) groups is 1. The van der Waals surface area contributed by atoms with Crippen LogP contribution in [-0.2, 0) is 4.79 Å². The molecule has 1 aromatic rings. The number of halogens is 1. The van der Waals surface area contributed by atoms with Gasteiger partial charge in [-0.15, -0.1) is 0 Å². The fourth-order valence-electron chi connectivity index (χ4n) is 0.856. The Morgan fingerprint density at radius 2 is 1.92 bits per heavy atom. The monoisotopic (exact) mass is 164 g/mol. The standard InChI is InChI=1S/C10H9FO/c1-8(7-12)6-9-2-4-10(11)5-3-9/h2-7H,1H3/b8-6+. The average Bonchev–Trinajstić information content (AvgIpc) is 2.09. The lowest BCUT2D eigenvalue weighted by Gasteiger charge is -1.92. The minimum atomic E-state index is -0.268. The van der Waals surface area contributed by atoms with E-state index < -0.39 is 0 Å². The van der Waals surface area contributed by atoms with Crippen molar-refractivity contribution in [2.75, 3.05) is 0 Å². The number of rotatable bonds is 2. The minimum Gasteiger partial charge on any atom is -0.298 e. The van der Waals surface area contributed by atoms with Gasteiger partial charge < -0.3 is 0 Å². The molecule has 0 aliphatic carbocycles. The number of benzene rings is 1. The van der Waals surface area contributed by atoms with Gasteiger partial charge in [0, 0.05) is 0 Å². The van der Waals surface area contributed by atoms with Crippen molar-refractivity contribution >= 4 is 12.4 Å². The van der Waals surface area contributed by atoms with Crippen LogP contribution in [0.4, 0.5) is 4.39 Å². The SMILES string of the molecule is C/C(C=O)=C\c1ccc(F)cc1. The van der Waals surface area contributed by atoms with E-state index in [1.54, 1.807) is 25.1 Å². The molecule has 1 aromatic carbocycles. The molecule has 0 aliphatic rings. The first-order valence-electron chi connectivity index (χ1n) is 3.61. The van der Waals surface area contributed by atoms with Gasteiger partial charge in [0.05, 0.1) is 0 Å². The Hall–Kier alpha value is -1.44. The lowest BCUT2D eigenvalue weighted by Crippen LogP contribution is -1.78. The Labute approximate surface area is 70.5 Å². The van der Waals surface area contributed by atoms with E-state index in [1.807, 2.05) is 0 Å². The predicted octanol–water partition coefficient (Wildman–Crippen LogP) is 2.43. The van der Waals surface area contributed by atoms with Crippen molar-refractivity contribution < 1.29 is 9.18 Å². The van der Waals surface area contributed by atoms with Crippen LogP contribution in [0, 0.1) is 5.82 Å². The molecule has 0 N–H and O–H groups in total. The zero-order valence-corrected chi connectivity index (χ0v) is 6.75. The zero-order valence-electron chi connectivity index (χ0n) is 6.75. The second-order valence-corrected chi connectivity index (χ2v) is 2.56. The third kappa shape index (κ3) is 2.31. The molecule has 62 valence electrons. The van der Waals surface area contributed by atoms with Crippen LogP contribution in [-0.4, -0.2) is 6.29 Å². The van der Waals surface area contributed by atoms with Crippen molar-refractivity contribution in [3.05, 3.63) is 41.2 Å². The summed E-state index contributed by atoms with van der Waals surface area (Å²) in [6, 6.07) is 5.98. The molecular weight excluding hydrogens is 155 g/mol. The second-order valence-electron chi connectivity index (χ2n) is 2.56. The first-order valence-corrected chi connectivity index (χ1v) is 3.61. The Morgan fingerprint density at radius 1 is 1.33 bits per heavy atom. The summed E-state index contributed by atoms with van der Waals surface area (Å²) in [6.07, 6.45) is 2.47. The highest BCUT2D eigenvalue weighted by atomic mass is 19.1. The van der Waals surface area contributed by atoms with Crippen LogP contribution in [0.5, 0.6) is 0 Å². The Balaban J connectivity index is 2.91. The van der Waals surface area contributed by atoms with Crippen molar-refractivity contribution in [1.29, 1.82) is 0 Å². The lowest BCUT2D eigenvalue weighted by atomic mass is 10.1. The van der Waals surface area contributed by atoms with E-state index in [0.29, 0.717) is 5.57 Å². The number of carbonyl (C=O) groups excluding carboxylic acids is 1. The highest BCUT2D eigenvalue weighted by molar-refractivity contribution is 5.80. The molecule has 0 saturated heterocycles. The van der Waals surface area contributed by atoms with E-state index in [0.717, 1.165) is 11.8 Å². The fourth-order valence-corrected chi connectivity index (χ4v) is 0.856. The molecular formula is C10H9FO. The summed E-state index contributed by atoms with van der Waals surface area (Å²) in [5.74, 6) is -0.268. The maximum Gasteiger partial charge on any atom is 0.145 e. The zero-order chi connectivity index (χ0) is 8.97. The molecule has 0 saturated carbocycles. The molecule has 0 spiro atoms. The van der Waals surface area contributed by atoms with Crippen LogP contribution in [0.1, 0.15) is 12.5 Å². The highest BCUT2D eigenvalue weighted by Crippen LogP contribution is 2.06. The molecule has 0 radical (unpaired) electrons. The molecule has 0 bridgehead atoms. The van der Waals surface area contributed by atoms with Gasteiger partial charge in [0.1, 0.15) is 12.1 Å². The van der Waals surface area contributed by atoms with Crippen molar-refractivity contribution in [2.45, 2.75) is 6.92 Å². The number of aldehydes is 1. The van der Waals surface area contributed by atoms with Crippen LogP contribution in [0.2, 0.25) is 0 Å². The molecule has 12 heavy (non-hydrogen) atoms. The summed E-state index contributed by atoms with van der Waals surface area (Å²) >= 11 is 0. The van der Waals surface area contributed by atoms with Gasteiger partial charge in [0.25, 0.3) is 0 Å². The lowest BCUT2D eigenvalue weighted by molar-refractivity contribution is -0.104. The van der Waals surface area contributed by atoms with E-state index >= 15 is 0 Å². The van der Waals surface area contributed by atoms with Gasteiger partial charge in [-0.1, -0.05) is 12.1 Å². The molecule has 0 amide bonds. The van der Waals surface area contributed by atoms with Crippen molar-refractivity contribution in [3.8, 4) is 0 Å². The third-order valence-electron chi connectivity index (χ3n) is 1.45. The van der Waals surface area contributed by atoms with Crippen molar-refractivity contribution in [2.24, 2.45) is 0 Å². The molecule has 0 atom stereocenters. The van der Waals surface area contributed by atoms with Crippen molar-refractivity contribution in [3.63, 3.8) is 0 Å². The maximum absolute atomic E-state index is 12.4. The smallest absolute Gasteiger partial charge is 0.145 e. The predicted molar refractivity (Wildman–Crippen MR) is 46.1 cm³/mol. The fraction of sp³-hybridized carbons (Fsp3) is 0.100. The topological polar surface area (TPSA) is 17.1 Å². The molecule has 0 unspecified atom stereocenters. The van der Waals surface area contributed by atoms with Gasteiger partial charge in [-0.05, 0) is 36.3 Å². The molecule has 0 heterocycles. The van der Waals surface area contributed by atoms with Crippen LogP contribution in [0.25, 0.3) is 6.08 Å². The first-order chi connectivity index (χ1) is 5.72. The summed E-state index contributed by atoms with van der Waals surface area (Å²) in [4.78, 5) is 10.2. The van der Waals surface area contributed by atoms with E-state index in [4.69, 9.17) is 0 Å². The molecule has 0 fully saturated rings. The summed E-state index contributed by atoms with van der Waals surface area (Å²) in [7, 11) is 0. The van der Waals surface area contributed by atoms with Gasteiger partial charge in [-0.25, -0.2) is 4.39 Å². The van der Waals surface area contributed by atoms with E-state index in [2.05, 4.69) is 0 Å². The molecule has 1 rings (SSSR count). The van der Waals surface area contributed by atoms with E-state index in [1.165, 1.54) is 12.1 Å². The Kier molecular flexibility index (Phi) is 2.75. The van der Waals surface area contributed by atoms with Crippen LogP contribution in [0.15, 0.2) is 29.8 Å². The van der Waals surface area contributed by atoms with Gasteiger partial charge in [0.2, 0.25) is 0 Å². The summed E-state index contributed by atoms with van der Waals surface area (Å²) < 4.78 is 12.4. The van der Waals surface area contributed by atoms with Gasteiger partial charge in [-0.2, -0.15) is 0 Å². The van der Waals surface area contributed by atoms with Crippen LogP contribution in [0.3, 0.4) is 0 Å². The average molecular weight is 164 g/mol.